The van der Waals surface area contributed by atoms with E-state index in [1.807, 2.05) is 19.1 Å². The molecule has 1 amide bonds. The average Bonchev–Trinajstić information content (AvgIpc) is 2.72. The highest BCUT2D eigenvalue weighted by molar-refractivity contribution is 7.92. The van der Waals surface area contributed by atoms with Gasteiger partial charge in [-0.1, -0.05) is 35.9 Å². The maximum absolute atomic E-state index is 13.2. The minimum atomic E-state index is -3.76. The SMILES string of the molecule is Cc1ccc(N(CCC(=O)NC2CCN(C)CC2)S(=O)(=O)c2ccccc2)cc1. The Labute approximate surface area is 173 Å². The fraction of sp³-hybridized carbons (Fsp3) is 0.409. The number of piperidine rings is 1. The first-order chi connectivity index (χ1) is 13.9. The molecule has 6 nitrogen and oxygen atoms in total. The summed E-state index contributed by atoms with van der Waals surface area (Å²) in [6.07, 6.45) is 1.96. The lowest BCUT2D eigenvalue weighted by Gasteiger charge is -2.30. The van der Waals surface area contributed by atoms with Crippen molar-refractivity contribution in [1.29, 1.82) is 0 Å². The van der Waals surface area contributed by atoms with Crippen LogP contribution in [-0.2, 0) is 14.8 Å². The van der Waals surface area contributed by atoms with Gasteiger partial charge in [0.25, 0.3) is 10.0 Å². The zero-order valence-electron chi connectivity index (χ0n) is 17.0. The van der Waals surface area contributed by atoms with Gasteiger partial charge in [-0.05, 0) is 64.2 Å². The summed E-state index contributed by atoms with van der Waals surface area (Å²) in [6, 6.07) is 15.8. The van der Waals surface area contributed by atoms with Crippen LogP contribution in [0.3, 0.4) is 0 Å². The van der Waals surface area contributed by atoms with Crippen LogP contribution < -0.4 is 9.62 Å². The van der Waals surface area contributed by atoms with Crippen molar-refractivity contribution in [2.75, 3.05) is 31.0 Å². The minimum Gasteiger partial charge on any atom is -0.353 e. The van der Waals surface area contributed by atoms with Crippen molar-refractivity contribution in [2.24, 2.45) is 0 Å². The molecular formula is C22H29N3O3S. The molecule has 2 aromatic carbocycles. The van der Waals surface area contributed by atoms with Gasteiger partial charge in [0.05, 0.1) is 10.6 Å². The number of nitrogens with one attached hydrogen (secondary N) is 1. The highest BCUT2D eigenvalue weighted by Gasteiger charge is 2.26. The molecule has 0 aliphatic carbocycles. The van der Waals surface area contributed by atoms with E-state index in [4.69, 9.17) is 0 Å². The highest BCUT2D eigenvalue weighted by atomic mass is 32.2. The largest absolute Gasteiger partial charge is 0.353 e. The van der Waals surface area contributed by atoms with Crippen molar-refractivity contribution in [3.05, 3.63) is 60.2 Å². The number of amides is 1. The van der Waals surface area contributed by atoms with E-state index in [0.717, 1.165) is 31.5 Å². The van der Waals surface area contributed by atoms with Crippen molar-refractivity contribution < 1.29 is 13.2 Å². The van der Waals surface area contributed by atoms with E-state index in [9.17, 15) is 13.2 Å². The second-order valence-corrected chi connectivity index (χ2v) is 9.48. The van der Waals surface area contributed by atoms with Gasteiger partial charge in [-0.2, -0.15) is 0 Å². The number of carbonyl (C=O) groups excluding carboxylic acids is 1. The van der Waals surface area contributed by atoms with Gasteiger partial charge >= 0.3 is 0 Å². The molecule has 1 aliphatic rings. The zero-order chi connectivity index (χ0) is 20.9. The molecule has 7 heteroatoms. The first-order valence-electron chi connectivity index (χ1n) is 9.98. The van der Waals surface area contributed by atoms with E-state index in [0.29, 0.717) is 5.69 Å². The van der Waals surface area contributed by atoms with Crippen LogP contribution >= 0.6 is 0 Å². The predicted octanol–water partition coefficient (Wildman–Crippen LogP) is 2.79. The first kappa shape index (κ1) is 21.3. The van der Waals surface area contributed by atoms with Gasteiger partial charge in [-0.25, -0.2) is 8.42 Å². The fourth-order valence-electron chi connectivity index (χ4n) is 3.47. The van der Waals surface area contributed by atoms with Gasteiger partial charge in [0.15, 0.2) is 0 Å². The van der Waals surface area contributed by atoms with E-state index < -0.39 is 10.0 Å². The number of anilines is 1. The van der Waals surface area contributed by atoms with E-state index >= 15 is 0 Å². The quantitative estimate of drug-likeness (QED) is 0.755. The summed E-state index contributed by atoms with van der Waals surface area (Å²) in [7, 11) is -1.68. The number of carbonyl (C=O) groups is 1. The van der Waals surface area contributed by atoms with E-state index in [1.165, 1.54) is 4.31 Å². The van der Waals surface area contributed by atoms with Crippen LogP contribution in [0.5, 0.6) is 0 Å². The Balaban J connectivity index is 1.74. The molecule has 0 saturated carbocycles. The van der Waals surface area contributed by atoms with Gasteiger partial charge < -0.3 is 10.2 Å². The van der Waals surface area contributed by atoms with Gasteiger partial charge in [0.1, 0.15) is 0 Å². The number of aryl methyl sites for hydroxylation is 1. The molecule has 2 aromatic rings. The molecule has 0 atom stereocenters. The fourth-order valence-corrected chi connectivity index (χ4v) is 4.96. The second-order valence-electron chi connectivity index (χ2n) is 7.62. The topological polar surface area (TPSA) is 69.7 Å². The Kier molecular flexibility index (Phi) is 6.92. The number of likely N-dealkylation sites (tertiary alicyclic amines) is 1. The zero-order valence-corrected chi connectivity index (χ0v) is 17.9. The van der Waals surface area contributed by atoms with Crippen LogP contribution in [-0.4, -0.2) is 51.9 Å². The van der Waals surface area contributed by atoms with Crippen molar-refractivity contribution in [3.8, 4) is 0 Å². The molecule has 0 spiro atoms. The smallest absolute Gasteiger partial charge is 0.264 e. The summed E-state index contributed by atoms with van der Waals surface area (Å²) in [6.45, 7) is 3.97. The van der Waals surface area contributed by atoms with Crippen LogP contribution in [0.1, 0.15) is 24.8 Å². The Hall–Kier alpha value is -2.38. The van der Waals surface area contributed by atoms with Crippen molar-refractivity contribution >= 4 is 21.6 Å². The maximum atomic E-state index is 13.2. The maximum Gasteiger partial charge on any atom is 0.264 e. The van der Waals surface area contributed by atoms with E-state index in [-0.39, 0.29) is 29.8 Å². The lowest BCUT2D eigenvalue weighted by atomic mass is 10.1. The lowest BCUT2D eigenvalue weighted by Crippen LogP contribution is -2.44. The van der Waals surface area contributed by atoms with Gasteiger partial charge in [-0.15, -0.1) is 0 Å². The summed E-state index contributed by atoms with van der Waals surface area (Å²) in [5.74, 6) is -0.111. The van der Waals surface area contributed by atoms with Gasteiger partial charge in [0.2, 0.25) is 5.91 Å². The molecule has 1 saturated heterocycles. The molecule has 0 bridgehead atoms. The highest BCUT2D eigenvalue weighted by Crippen LogP contribution is 2.24. The summed E-state index contributed by atoms with van der Waals surface area (Å²) >= 11 is 0. The second kappa shape index (κ2) is 9.41. The number of sulfonamides is 1. The monoisotopic (exact) mass is 415 g/mol. The molecular weight excluding hydrogens is 386 g/mol. The number of benzene rings is 2. The van der Waals surface area contributed by atoms with Crippen LogP contribution in [0, 0.1) is 6.92 Å². The molecule has 0 radical (unpaired) electrons. The molecule has 3 rings (SSSR count). The molecule has 1 heterocycles. The van der Waals surface area contributed by atoms with Crippen molar-refractivity contribution in [1.82, 2.24) is 10.2 Å². The Morgan fingerprint density at radius 2 is 1.69 bits per heavy atom. The van der Waals surface area contributed by atoms with E-state index in [2.05, 4.69) is 17.3 Å². The average molecular weight is 416 g/mol. The Morgan fingerprint density at radius 3 is 2.31 bits per heavy atom. The van der Waals surface area contributed by atoms with Crippen LogP contribution in [0.2, 0.25) is 0 Å². The van der Waals surface area contributed by atoms with Crippen LogP contribution in [0.25, 0.3) is 0 Å². The number of hydrogen-bond acceptors (Lipinski definition) is 4. The summed E-state index contributed by atoms with van der Waals surface area (Å²) < 4.78 is 27.8. The molecule has 1 N–H and O–H groups in total. The molecule has 0 unspecified atom stereocenters. The standard InChI is InChI=1S/C22H29N3O3S/c1-18-8-10-20(11-9-18)25(29(27,28)21-6-4-3-5-7-21)17-14-22(26)23-19-12-15-24(2)16-13-19/h3-11,19H,12-17H2,1-2H3,(H,23,26). The van der Waals surface area contributed by atoms with Crippen molar-refractivity contribution in [3.63, 3.8) is 0 Å². The van der Waals surface area contributed by atoms with E-state index in [1.54, 1.807) is 42.5 Å². The predicted molar refractivity (Wildman–Crippen MR) is 115 cm³/mol. The number of hydrogen-bond donors (Lipinski definition) is 1. The van der Waals surface area contributed by atoms with Crippen LogP contribution in [0.15, 0.2) is 59.5 Å². The first-order valence-corrected chi connectivity index (χ1v) is 11.4. The minimum absolute atomic E-state index is 0.0960. The number of rotatable bonds is 7. The summed E-state index contributed by atoms with van der Waals surface area (Å²) in [5.41, 5.74) is 1.61. The third-order valence-electron chi connectivity index (χ3n) is 5.28. The summed E-state index contributed by atoms with van der Waals surface area (Å²) in [5, 5.41) is 3.06. The molecule has 1 fully saturated rings. The lowest BCUT2D eigenvalue weighted by molar-refractivity contribution is -0.121. The third-order valence-corrected chi connectivity index (χ3v) is 7.12. The third kappa shape index (κ3) is 5.58. The Bertz CT molecular complexity index is 906. The molecule has 156 valence electrons. The number of nitrogens with zero attached hydrogens (tertiary/aromatic N) is 2. The van der Waals surface area contributed by atoms with Crippen molar-refractivity contribution in [2.45, 2.75) is 37.1 Å². The molecule has 1 aliphatic heterocycles. The van der Waals surface area contributed by atoms with Crippen LogP contribution in [0.4, 0.5) is 5.69 Å². The van der Waals surface area contributed by atoms with Gasteiger partial charge in [-0.3, -0.25) is 9.10 Å². The normalized spacial score (nSPS) is 15.8. The summed E-state index contributed by atoms with van der Waals surface area (Å²) in [4.78, 5) is 15.0. The molecule has 29 heavy (non-hydrogen) atoms. The Morgan fingerprint density at radius 1 is 1.07 bits per heavy atom. The van der Waals surface area contributed by atoms with Gasteiger partial charge in [0, 0.05) is 19.0 Å². The molecule has 0 aromatic heterocycles.